The smallest absolute Gasteiger partial charge is 0.140 e. The van der Waals surface area contributed by atoms with E-state index < -0.39 is 5.60 Å². The minimum absolute atomic E-state index is 0.478. The second kappa shape index (κ2) is 3.57. The topological polar surface area (TPSA) is 50.1 Å². The molecule has 2 atom stereocenters. The lowest BCUT2D eigenvalue weighted by Crippen LogP contribution is -2.47. The van der Waals surface area contributed by atoms with Crippen LogP contribution in [0.5, 0.6) is 0 Å². The van der Waals surface area contributed by atoms with Gasteiger partial charge < -0.3 is 15.0 Å². The first-order chi connectivity index (χ1) is 7.71. The zero-order valence-corrected chi connectivity index (χ0v) is 9.69. The van der Waals surface area contributed by atoms with E-state index in [2.05, 4.69) is 21.8 Å². The van der Waals surface area contributed by atoms with Crippen LogP contribution in [0.3, 0.4) is 0 Å². The number of hydrogen-bond donors (Lipinski definition) is 2. The highest BCUT2D eigenvalue weighted by Crippen LogP contribution is 2.39. The molecule has 2 aliphatic rings. The number of nitrogens with one attached hydrogen (secondary N) is 1. The van der Waals surface area contributed by atoms with Crippen LogP contribution in [-0.2, 0) is 12.1 Å². The molecule has 4 nitrogen and oxygen atoms in total. The van der Waals surface area contributed by atoms with E-state index in [0.717, 1.165) is 25.2 Å². The van der Waals surface area contributed by atoms with Crippen LogP contribution in [-0.4, -0.2) is 26.7 Å². The first-order valence-corrected chi connectivity index (χ1v) is 6.21. The normalized spacial score (nSPS) is 37.9. The number of aliphatic hydroxyl groups is 1. The zero-order chi connectivity index (χ0) is 11.2. The molecule has 0 radical (unpaired) electrons. The third-order valence-corrected chi connectivity index (χ3v) is 3.98. The minimum atomic E-state index is -0.712. The fraction of sp³-hybridized carbons (Fsp3) is 0.750. The number of nitrogens with zero attached hydrogens (tertiary/aromatic N) is 2. The maximum absolute atomic E-state index is 10.8. The Morgan fingerprint density at radius 2 is 2.19 bits per heavy atom. The molecule has 0 saturated carbocycles. The van der Waals surface area contributed by atoms with Gasteiger partial charge in [-0.2, -0.15) is 0 Å². The molecule has 2 fully saturated rings. The second-order valence-electron chi connectivity index (χ2n) is 5.11. The SMILES string of the molecule is CCn1ccnc1C1(O)CC2CCC(C1)N2. The van der Waals surface area contributed by atoms with Crippen molar-refractivity contribution in [3.8, 4) is 0 Å². The molecule has 0 aliphatic carbocycles. The molecule has 1 aromatic heterocycles. The Kier molecular flexibility index (Phi) is 2.30. The van der Waals surface area contributed by atoms with Crippen LogP contribution in [0.2, 0.25) is 0 Å². The molecule has 2 saturated heterocycles. The lowest BCUT2D eigenvalue weighted by molar-refractivity contribution is -0.0221. The van der Waals surface area contributed by atoms with Crippen molar-refractivity contribution in [1.82, 2.24) is 14.9 Å². The monoisotopic (exact) mass is 221 g/mol. The Hall–Kier alpha value is -0.870. The van der Waals surface area contributed by atoms with Gasteiger partial charge in [-0.1, -0.05) is 0 Å². The van der Waals surface area contributed by atoms with E-state index in [4.69, 9.17) is 0 Å². The van der Waals surface area contributed by atoms with Crippen molar-refractivity contribution >= 4 is 0 Å². The fourth-order valence-electron chi connectivity index (χ4n) is 3.28. The Bertz CT molecular complexity index is 375. The van der Waals surface area contributed by atoms with Crippen molar-refractivity contribution in [3.63, 3.8) is 0 Å². The number of rotatable bonds is 2. The molecule has 3 rings (SSSR count). The van der Waals surface area contributed by atoms with E-state index in [1.165, 1.54) is 12.8 Å². The predicted molar refractivity (Wildman–Crippen MR) is 61.0 cm³/mol. The summed E-state index contributed by atoms with van der Waals surface area (Å²) in [4.78, 5) is 4.36. The van der Waals surface area contributed by atoms with Crippen LogP contribution >= 0.6 is 0 Å². The van der Waals surface area contributed by atoms with Gasteiger partial charge in [0.25, 0.3) is 0 Å². The van der Waals surface area contributed by atoms with Crippen molar-refractivity contribution < 1.29 is 5.11 Å². The molecule has 0 spiro atoms. The first-order valence-electron chi connectivity index (χ1n) is 6.21. The van der Waals surface area contributed by atoms with Gasteiger partial charge in [-0.15, -0.1) is 0 Å². The van der Waals surface area contributed by atoms with Crippen LogP contribution in [0.25, 0.3) is 0 Å². The molecular weight excluding hydrogens is 202 g/mol. The minimum Gasteiger partial charge on any atom is -0.382 e. The Morgan fingerprint density at radius 1 is 1.50 bits per heavy atom. The highest BCUT2D eigenvalue weighted by Gasteiger charge is 2.45. The van der Waals surface area contributed by atoms with Gasteiger partial charge in [0, 0.05) is 31.0 Å². The molecule has 16 heavy (non-hydrogen) atoms. The average Bonchev–Trinajstić information content (AvgIpc) is 2.85. The van der Waals surface area contributed by atoms with Crippen LogP contribution < -0.4 is 5.32 Å². The summed E-state index contributed by atoms with van der Waals surface area (Å²) < 4.78 is 2.06. The highest BCUT2D eigenvalue weighted by atomic mass is 16.3. The van der Waals surface area contributed by atoms with Gasteiger partial charge in [-0.25, -0.2) is 4.98 Å². The number of aryl methyl sites for hydroxylation is 1. The number of imidazole rings is 1. The predicted octanol–water partition coefficient (Wildman–Crippen LogP) is 1.00. The Balaban J connectivity index is 1.93. The van der Waals surface area contributed by atoms with Crippen LogP contribution in [0.4, 0.5) is 0 Å². The maximum atomic E-state index is 10.8. The quantitative estimate of drug-likeness (QED) is 0.783. The molecule has 0 aromatic carbocycles. The maximum Gasteiger partial charge on any atom is 0.140 e. The second-order valence-corrected chi connectivity index (χ2v) is 5.11. The zero-order valence-electron chi connectivity index (χ0n) is 9.69. The van der Waals surface area contributed by atoms with Gasteiger partial charge in [0.2, 0.25) is 0 Å². The van der Waals surface area contributed by atoms with Gasteiger partial charge in [0.05, 0.1) is 0 Å². The van der Waals surface area contributed by atoms with E-state index in [0.29, 0.717) is 12.1 Å². The third-order valence-electron chi connectivity index (χ3n) is 3.98. The Labute approximate surface area is 95.7 Å². The lowest BCUT2D eigenvalue weighted by atomic mass is 9.86. The van der Waals surface area contributed by atoms with Crippen molar-refractivity contribution in [1.29, 1.82) is 0 Å². The van der Waals surface area contributed by atoms with Crippen LogP contribution in [0.15, 0.2) is 12.4 Å². The lowest BCUT2D eigenvalue weighted by Gasteiger charge is -2.36. The fourth-order valence-corrected chi connectivity index (χ4v) is 3.28. The van der Waals surface area contributed by atoms with Gasteiger partial charge in [0.1, 0.15) is 11.4 Å². The van der Waals surface area contributed by atoms with Gasteiger partial charge in [0.15, 0.2) is 0 Å². The number of fused-ring (bicyclic) bond motifs is 2. The van der Waals surface area contributed by atoms with Crippen molar-refractivity contribution in [3.05, 3.63) is 18.2 Å². The molecule has 2 aliphatic heterocycles. The summed E-state index contributed by atoms with van der Waals surface area (Å²) in [6.07, 6.45) is 7.75. The number of piperidine rings is 1. The van der Waals surface area contributed by atoms with Crippen LogP contribution in [0, 0.1) is 0 Å². The summed E-state index contributed by atoms with van der Waals surface area (Å²) >= 11 is 0. The molecule has 1 aromatic rings. The standard InChI is InChI=1S/C12H19N3O/c1-2-15-6-5-13-11(15)12(16)7-9-3-4-10(8-12)14-9/h5-6,9-10,14,16H,2-4,7-8H2,1H3. The summed E-state index contributed by atoms with van der Waals surface area (Å²) in [5.74, 6) is 0.855. The van der Waals surface area contributed by atoms with Gasteiger partial charge >= 0.3 is 0 Å². The summed E-state index contributed by atoms with van der Waals surface area (Å²) in [7, 11) is 0. The van der Waals surface area contributed by atoms with Gasteiger partial charge in [-0.3, -0.25) is 0 Å². The van der Waals surface area contributed by atoms with Crippen LogP contribution in [0.1, 0.15) is 38.4 Å². The molecule has 2 N–H and O–H groups in total. The highest BCUT2D eigenvalue weighted by molar-refractivity contribution is 5.11. The largest absolute Gasteiger partial charge is 0.382 e. The van der Waals surface area contributed by atoms with E-state index in [1.54, 1.807) is 6.20 Å². The van der Waals surface area contributed by atoms with Crippen molar-refractivity contribution in [2.24, 2.45) is 0 Å². The summed E-state index contributed by atoms with van der Waals surface area (Å²) in [5, 5.41) is 14.3. The molecule has 2 bridgehead atoms. The molecular formula is C12H19N3O. The molecule has 0 amide bonds. The molecule has 3 heterocycles. The number of aromatic nitrogens is 2. The van der Waals surface area contributed by atoms with E-state index >= 15 is 0 Å². The van der Waals surface area contributed by atoms with Crippen molar-refractivity contribution in [2.45, 2.75) is 56.8 Å². The summed E-state index contributed by atoms with van der Waals surface area (Å²) in [6.45, 7) is 2.96. The van der Waals surface area contributed by atoms with E-state index in [9.17, 15) is 5.11 Å². The summed E-state index contributed by atoms with van der Waals surface area (Å²) in [5.41, 5.74) is -0.712. The molecule has 4 heteroatoms. The van der Waals surface area contributed by atoms with E-state index in [1.807, 2.05) is 6.20 Å². The average molecular weight is 221 g/mol. The summed E-state index contributed by atoms with van der Waals surface area (Å²) in [6, 6.07) is 0.955. The number of hydrogen-bond acceptors (Lipinski definition) is 3. The van der Waals surface area contributed by atoms with E-state index in [-0.39, 0.29) is 0 Å². The van der Waals surface area contributed by atoms with Gasteiger partial charge in [-0.05, 0) is 32.6 Å². The van der Waals surface area contributed by atoms with Crippen molar-refractivity contribution in [2.75, 3.05) is 0 Å². The first kappa shape index (κ1) is 10.3. The molecule has 2 unspecified atom stereocenters. The molecule has 88 valence electrons. The Morgan fingerprint density at radius 3 is 2.81 bits per heavy atom. The third kappa shape index (κ3) is 1.48.